The van der Waals surface area contributed by atoms with Crippen molar-refractivity contribution in [1.82, 2.24) is 0 Å². The SMILES string of the molecule is [2H]C1([2H])C(=O)c2ccccc2OC1c1ccccc1. The molecule has 2 aromatic rings. The zero-order valence-corrected chi connectivity index (χ0v) is 9.09. The topological polar surface area (TPSA) is 26.3 Å². The van der Waals surface area contributed by atoms with Crippen LogP contribution in [0.25, 0.3) is 0 Å². The van der Waals surface area contributed by atoms with Gasteiger partial charge in [0.1, 0.15) is 11.9 Å². The van der Waals surface area contributed by atoms with Gasteiger partial charge in [0.05, 0.1) is 11.9 Å². The van der Waals surface area contributed by atoms with Crippen molar-refractivity contribution < 1.29 is 12.3 Å². The Kier molecular flexibility index (Phi) is 1.92. The maximum absolute atomic E-state index is 12.3. The van der Waals surface area contributed by atoms with E-state index in [2.05, 4.69) is 0 Å². The normalized spacial score (nSPS) is 23.1. The number of para-hydroxylation sites is 1. The Balaban J connectivity index is 2.11. The molecule has 1 atom stereocenters. The minimum absolute atomic E-state index is 0.305. The van der Waals surface area contributed by atoms with Crippen molar-refractivity contribution >= 4 is 5.78 Å². The highest BCUT2D eigenvalue weighted by molar-refractivity contribution is 5.99. The second-order valence-electron chi connectivity index (χ2n) is 3.88. The zero-order chi connectivity index (χ0) is 13.5. The third-order valence-electron chi connectivity index (χ3n) is 2.74. The first-order valence-electron chi connectivity index (χ1n) is 6.46. The van der Waals surface area contributed by atoms with Crippen molar-refractivity contribution in [2.75, 3.05) is 0 Å². The molecule has 0 N–H and O–H groups in total. The Labute approximate surface area is 103 Å². The van der Waals surface area contributed by atoms with Gasteiger partial charge in [-0.05, 0) is 17.7 Å². The number of carbonyl (C=O) groups excluding carboxylic acids is 1. The zero-order valence-electron chi connectivity index (χ0n) is 11.1. The number of rotatable bonds is 1. The fourth-order valence-electron chi connectivity index (χ4n) is 1.89. The molecule has 2 nitrogen and oxygen atoms in total. The molecule has 0 aliphatic carbocycles. The summed E-state index contributed by atoms with van der Waals surface area (Å²) in [7, 11) is 0. The lowest BCUT2D eigenvalue weighted by molar-refractivity contribution is 0.0850. The molecule has 0 amide bonds. The van der Waals surface area contributed by atoms with Gasteiger partial charge in [0, 0.05) is 2.74 Å². The molecule has 1 unspecified atom stereocenters. The van der Waals surface area contributed by atoms with Gasteiger partial charge in [-0.3, -0.25) is 4.79 Å². The first-order valence-corrected chi connectivity index (χ1v) is 5.46. The van der Waals surface area contributed by atoms with Gasteiger partial charge in [-0.25, -0.2) is 0 Å². The predicted octanol–water partition coefficient (Wildman–Crippen LogP) is 3.39. The molecule has 84 valence electrons. The Morgan fingerprint density at radius 1 is 1.06 bits per heavy atom. The highest BCUT2D eigenvalue weighted by Crippen LogP contribution is 2.34. The van der Waals surface area contributed by atoms with Gasteiger partial charge in [0.2, 0.25) is 0 Å². The van der Waals surface area contributed by atoms with Gasteiger partial charge in [0.15, 0.2) is 5.78 Å². The summed E-state index contributed by atoms with van der Waals surface area (Å²) in [5, 5.41) is 0. The van der Waals surface area contributed by atoms with Crippen LogP contribution >= 0.6 is 0 Å². The standard InChI is InChI=1S/C15H12O2/c16-13-10-15(11-6-2-1-3-7-11)17-14-9-5-4-8-12(13)14/h1-9,15H,10H2/i10D2. The van der Waals surface area contributed by atoms with E-state index in [0.29, 0.717) is 16.9 Å². The summed E-state index contributed by atoms with van der Waals surface area (Å²) in [5.41, 5.74) is 0.968. The van der Waals surface area contributed by atoms with Gasteiger partial charge < -0.3 is 4.74 Å². The van der Waals surface area contributed by atoms with E-state index in [1.807, 2.05) is 6.07 Å². The van der Waals surface area contributed by atoms with E-state index >= 15 is 0 Å². The first kappa shape index (κ1) is 8.07. The third kappa shape index (κ3) is 1.82. The highest BCUT2D eigenvalue weighted by Gasteiger charge is 2.26. The van der Waals surface area contributed by atoms with Crippen molar-refractivity contribution in [1.29, 1.82) is 0 Å². The van der Waals surface area contributed by atoms with Crippen LogP contribution in [-0.4, -0.2) is 5.78 Å². The lowest BCUT2D eigenvalue weighted by Crippen LogP contribution is -2.20. The number of Topliss-reactive ketones (excluding diaryl/α,β-unsaturated/α-hetero) is 1. The number of fused-ring (bicyclic) bond motifs is 1. The number of hydrogen-bond acceptors (Lipinski definition) is 2. The highest BCUT2D eigenvalue weighted by atomic mass is 16.5. The molecule has 0 fully saturated rings. The van der Waals surface area contributed by atoms with Crippen LogP contribution in [0.15, 0.2) is 54.6 Å². The summed E-state index contributed by atoms with van der Waals surface area (Å²) < 4.78 is 21.8. The Bertz CT molecular complexity index is 623. The van der Waals surface area contributed by atoms with E-state index in [-0.39, 0.29) is 0 Å². The Morgan fingerprint density at radius 3 is 2.59 bits per heavy atom. The minimum atomic E-state index is -2.06. The van der Waals surface area contributed by atoms with Crippen molar-refractivity contribution in [3.63, 3.8) is 0 Å². The molecule has 2 aromatic carbocycles. The monoisotopic (exact) mass is 226 g/mol. The molecule has 17 heavy (non-hydrogen) atoms. The summed E-state index contributed by atoms with van der Waals surface area (Å²) >= 11 is 0. The third-order valence-corrected chi connectivity index (χ3v) is 2.74. The van der Waals surface area contributed by atoms with Crippen LogP contribution in [-0.2, 0) is 0 Å². The van der Waals surface area contributed by atoms with E-state index in [9.17, 15) is 4.79 Å². The average Bonchev–Trinajstić information content (AvgIpc) is 2.44. The molecule has 0 spiro atoms. The molecule has 1 aliphatic rings. The maximum Gasteiger partial charge on any atom is 0.170 e. The Morgan fingerprint density at radius 2 is 1.76 bits per heavy atom. The maximum atomic E-state index is 12.3. The lowest BCUT2D eigenvalue weighted by atomic mass is 9.96. The summed E-state index contributed by atoms with van der Waals surface area (Å²) in [5.74, 6) is -0.0836. The van der Waals surface area contributed by atoms with Gasteiger partial charge in [0.25, 0.3) is 0 Å². The van der Waals surface area contributed by atoms with Crippen LogP contribution in [0.3, 0.4) is 0 Å². The Hall–Kier alpha value is -2.09. The molecule has 3 rings (SSSR count). The van der Waals surface area contributed by atoms with Crippen LogP contribution < -0.4 is 4.74 Å². The molecule has 1 heterocycles. The van der Waals surface area contributed by atoms with Gasteiger partial charge in [-0.1, -0.05) is 42.5 Å². The van der Waals surface area contributed by atoms with Crippen molar-refractivity contribution in [2.24, 2.45) is 0 Å². The molecule has 0 aromatic heterocycles. The molecule has 0 radical (unpaired) electrons. The summed E-state index contributed by atoms with van der Waals surface area (Å²) in [4.78, 5) is 12.3. The molecule has 0 saturated heterocycles. The summed E-state index contributed by atoms with van der Waals surface area (Å²) in [6.07, 6.45) is -2.97. The number of ketones is 1. The van der Waals surface area contributed by atoms with Crippen LogP contribution in [0.1, 0.15) is 31.1 Å². The molecule has 0 bridgehead atoms. The number of benzene rings is 2. The van der Waals surface area contributed by atoms with E-state index in [1.54, 1.807) is 48.5 Å². The van der Waals surface area contributed by atoms with Crippen LogP contribution in [0.4, 0.5) is 0 Å². The second-order valence-corrected chi connectivity index (χ2v) is 3.88. The number of hydrogen-bond donors (Lipinski definition) is 0. The van der Waals surface area contributed by atoms with Crippen LogP contribution in [0.5, 0.6) is 5.75 Å². The summed E-state index contributed by atoms with van der Waals surface area (Å²) in [6, 6.07) is 15.8. The molecular formula is C15H12O2. The van der Waals surface area contributed by atoms with Gasteiger partial charge in [-0.2, -0.15) is 0 Å². The summed E-state index contributed by atoms with van der Waals surface area (Å²) in [6.45, 7) is 0. The first-order chi connectivity index (χ1) is 9.10. The van der Waals surface area contributed by atoms with Crippen molar-refractivity contribution in [3.8, 4) is 5.75 Å². The smallest absolute Gasteiger partial charge is 0.170 e. The van der Waals surface area contributed by atoms with Crippen molar-refractivity contribution in [3.05, 3.63) is 65.7 Å². The van der Waals surface area contributed by atoms with Crippen molar-refractivity contribution in [2.45, 2.75) is 12.5 Å². The van der Waals surface area contributed by atoms with E-state index in [1.165, 1.54) is 0 Å². The largest absolute Gasteiger partial charge is 0.484 e. The fourth-order valence-corrected chi connectivity index (χ4v) is 1.89. The van der Waals surface area contributed by atoms with Crippen LogP contribution in [0.2, 0.25) is 0 Å². The van der Waals surface area contributed by atoms with E-state index < -0.39 is 18.3 Å². The van der Waals surface area contributed by atoms with Gasteiger partial charge in [-0.15, -0.1) is 0 Å². The van der Waals surface area contributed by atoms with Gasteiger partial charge >= 0.3 is 0 Å². The van der Waals surface area contributed by atoms with E-state index in [4.69, 9.17) is 7.48 Å². The lowest BCUT2D eigenvalue weighted by Gasteiger charge is -2.25. The number of ether oxygens (including phenoxy) is 1. The molecule has 0 saturated carbocycles. The quantitative estimate of drug-likeness (QED) is 0.745. The average molecular weight is 226 g/mol. The fraction of sp³-hybridized carbons (Fsp3) is 0.133. The van der Waals surface area contributed by atoms with E-state index in [0.717, 1.165) is 0 Å². The number of carbonyl (C=O) groups is 1. The minimum Gasteiger partial charge on any atom is -0.484 e. The molecular weight excluding hydrogens is 212 g/mol. The predicted molar refractivity (Wildman–Crippen MR) is 65.2 cm³/mol. The second kappa shape index (κ2) is 4.06. The van der Waals surface area contributed by atoms with Crippen LogP contribution in [0, 0.1) is 0 Å². The molecule has 2 heteroatoms. The molecule has 1 aliphatic heterocycles.